The third-order valence-corrected chi connectivity index (χ3v) is 3.06. The molecule has 0 aliphatic rings. The van der Waals surface area contributed by atoms with Crippen LogP contribution in [0.25, 0.3) is 0 Å². The predicted molar refractivity (Wildman–Crippen MR) is 78.8 cm³/mol. The number of carbonyl (C=O) groups is 1. The lowest BCUT2D eigenvalue weighted by Gasteiger charge is -2.15. The second-order valence-electron chi connectivity index (χ2n) is 4.78. The molecular formula is C14H16N4O4. The molecule has 0 bridgehead atoms. The van der Waals surface area contributed by atoms with Crippen molar-refractivity contribution < 1.29 is 14.5 Å². The molecule has 8 nitrogen and oxygen atoms in total. The summed E-state index contributed by atoms with van der Waals surface area (Å²) in [5.74, 6) is -0.133. The molecule has 1 heterocycles. The Labute approximate surface area is 126 Å². The van der Waals surface area contributed by atoms with Crippen LogP contribution in [-0.2, 0) is 6.54 Å². The number of carbonyl (C=O) groups excluding carboxylic acids is 1. The molecule has 1 N–H and O–H groups in total. The smallest absolute Gasteiger partial charge is 0.270 e. The first-order valence-corrected chi connectivity index (χ1v) is 6.60. The van der Waals surface area contributed by atoms with Crippen LogP contribution in [0.15, 0.2) is 36.9 Å². The molecule has 1 aromatic carbocycles. The van der Waals surface area contributed by atoms with Gasteiger partial charge in [-0.05, 0) is 13.0 Å². The minimum atomic E-state index is -0.550. The standard InChI is InChI=1S/C14H16N4O4/c1-10(8-17-6-5-15-9-17)16-14(19)12-7-11(18(20)21)3-4-13(12)22-2/h3-7,9-10H,8H2,1-2H3,(H,16,19)/t10-/m1/s1. The van der Waals surface area contributed by atoms with E-state index in [-0.39, 0.29) is 23.0 Å². The first kappa shape index (κ1) is 15.5. The maximum Gasteiger partial charge on any atom is 0.270 e. The van der Waals surface area contributed by atoms with E-state index in [0.717, 1.165) is 0 Å². The van der Waals surface area contributed by atoms with Gasteiger partial charge in [-0.1, -0.05) is 0 Å². The zero-order chi connectivity index (χ0) is 16.1. The van der Waals surface area contributed by atoms with Crippen molar-refractivity contribution in [3.8, 4) is 5.75 Å². The Hall–Kier alpha value is -2.90. The Kier molecular flexibility index (Phi) is 4.72. The first-order chi connectivity index (χ1) is 10.5. The van der Waals surface area contributed by atoms with Gasteiger partial charge in [-0.25, -0.2) is 4.98 Å². The molecule has 8 heteroatoms. The largest absolute Gasteiger partial charge is 0.496 e. The van der Waals surface area contributed by atoms with E-state index >= 15 is 0 Å². The minimum absolute atomic E-state index is 0.134. The third kappa shape index (κ3) is 3.60. The SMILES string of the molecule is COc1ccc([N+](=O)[O-])cc1C(=O)N[C@H](C)Cn1ccnc1. The maximum atomic E-state index is 12.3. The van der Waals surface area contributed by atoms with Gasteiger partial charge in [-0.2, -0.15) is 0 Å². The molecule has 0 unspecified atom stereocenters. The molecule has 116 valence electrons. The normalized spacial score (nSPS) is 11.7. The summed E-state index contributed by atoms with van der Waals surface area (Å²) in [5, 5.41) is 13.6. The average Bonchev–Trinajstić information content (AvgIpc) is 2.99. The number of nitrogens with zero attached hydrogens (tertiary/aromatic N) is 3. The number of benzene rings is 1. The number of hydrogen-bond donors (Lipinski definition) is 1. The Morgan fingerprint density at radius 1 is 1.55 bits per heavy atom. The Morgan fingerprint density at radius 2 is 2.32 bits per heavy atom. The summed E-state index contributed by atoms with van der Waals surface area (Å²) in [6.07, 6.45) is 5.09. The minimum Gasteiger partial charge on any atom is -0.496 e. The lowest BCUT2D eigenvalue weighted by molar-refractivity contribution is -0.384. The Morgan fingerprint density at radius 3 is 2.91 bits per heavy atom. The number of aromatic nitrogens is 2. The lowest BCUT2D eigenvalue weighted by Crippen LogP contribution is -2.35. The molecule has 22 heavy (non-hydrogen) atoms. The van der Waals surface area contributed by atoms with Crippen molar-refractivity contribution >= 4 is 11.6 Å². The number of non-ortho nitro benzene ring substituents is 1. The van der Waals surface area contributed by atoms with Crippen LogP contribution in [0.3, 0.4) is 0 Å². The van der Waals surface area contributed by atoms with E-state index in [1.807, 2.05) is 11.5 Å². The topological polar surface area (TPSA) is 99.3 Å². The summed E-state index contributed by atoms with van der Waals surface area (Å²) in [6.45, 7) is 2.38. The van der Waals surface area contributed by atoms with E-state index in [4.69, 9.17) is 4.74 Å². The summed E-state index contributed by atoms with van der Waals surface area (Å²) in [4.78, 5) is 26.5. The van der Waals surface area contributed by atoms with Gasteiger partial charge < -0.3 is 14.6 Å². The Balaban J connectivity index is 2.13. The molecule has 0 saturated heterocycles. The third-order valence-electron chi connectivity index (χ3n) is 3.06. The molecule has 1 aromatic heterocycles. The number of amides is 1. The summed E-state index contributed by atoms with van der Waals surface area (Å²) in [5.41, 5.74) is -0.0256. The fourth-order valence-corrected chi connectivity index (χ4v) is 2.05. The quantitative estimate of drug-likeness (QED) is 0.645. The van der Waals surface area contributed by atoms with Crippen molar-refractivity contribution in [1.82, 2.24) is 14.9 Å². The molecule has 2 rings (SSSR count). The van der Waals surface area contributed by atoms with Crippen molar-refractivity contribution in [3.63, 3.8) is 0 Å². The molecule has 2 aromatic rings. The summed E-state index contributed by atoms with van der Waals surface area (Å²) in [7, 11) is 1.41. The molecule has 0 fully saturated rings. The van der Waals surface area contributed by atoms with Crippen LogP contribution in [0.4, 0.5) is 5.69 Å². The van der Waals surface area contributed by atoms with E-state index < -0.39 is 10.8 Å². The van der Waals surface area contributed by atoms with Gasteiger partial charge in [0.2, 0.25) is 0 Å². The van der Waals surface area contributed by atoms with Crippen molar-refractivity contribution in [1.29, 1.82) is 0 Å². The number of nitrogens with one attached hydrogen (secondary N) is 1. The summed E-state index contributed by atoms with van der Waals surface area (Å²) in [6, 6.07) is 3.74. The highest BCUT2D eigenvalue weighted by atomic mass is 16.6. The van der Waals surface area contributed by atoms with Crippen LogP contribution in [-0.4, -0.2) is 33.5 Å². The number of hydrogen-bond acceptors (Lipinski definition) is 5. The molecule has 0 saturated carbocycles. The number of nitro benzene ring substituents is 1. The summed E-state index contributed by atoms with van der Waals surface area (Å²) >= 11 is 0. The van der Waals surface area contributed by atoms with E-state index in [9.17, 15) is 14.9 Å². The van der Waals surface area contributed by atoms with Crippen LogP contribution in [0, 0.1) is 10.1 Å². The second-order valence-corrected chi connectivity index (χ2v) is 4.78. The van der Waals surface area contributed by atoms with Crippen molar-refractivity contribution in [3.05, 3.63) is 52.6 Å². The van der Waals surface area contributed by atoms with Crippen LogP contribution in [0.2, 0.25) is 0 Å². The molecule has 1 atom stereocenters. The van der Waals surface area contributed by atoms with Crippen LogP contribution in [0.5, 0.6) is 5.75 Å². The molecule has 0 aliphatic heterocycles. The van der Waals surface area contributed by atoms with Crippen molar-refractivity contribution in [2.45, 2.75) is 19.5 Å². The molecule has 0 radical (unpaired) electrons. The molecule has 1 amide bonds. The van der Waals surface area contributed by atoms with Gasteiger partial charge in [0.25, 0.3) is 11.6 Å². The van der Waals surface area contributed by atoms with Gasteiger partial charge in [0, 0.05) is 37.1 Å². The van der Waals surface area contributed by atoms with Crippen LogP contribution >= 0.6 is 0 Å². The number of ether oxygens (including phenoxy) is 1. The lowest BCUT2D eigenvalue weighted by atomic mass is 10.1. The van der Waals surface area contributed by atoms with Crippen LogP contribution < -0.4 is 10.1 Å². The highest BCUT2D eigenvalue weighted by Gasteiger charge is 2.18. The van der Waals surface area contributed by atoms with Gasteiger partial charge >= 0.3 is 0 Å². The van der Waals surface area contributed by atoms with Gasteiger partial charge in [0.15, 0.2) is 0 Å². The van der Waals surface area contributed by atoms with Crippen molar-refractivity contribution in [2.24, 2.45) is 0 Å². The zero-order valence-corrected chi connectivity index (χ0v) is 12.2. The fourth-order valence-electron chi connectivity index (χ4n) is 2.05. The fraction of sp³-hybridized carbons (Fsp3) is 0.286. The number of rotatable bonds is 6. The van der Waals surface area contributed by atoms with Crippen LogP contribution in [0.1, 0.15) is 17.3 Å². The van der Waals surface area contributed by atoms with E-state index in [1.165, 1.54) is 25.3 Å². The number of methoxy groups -OCH3 is 1. The van der Waals surface area contributed by atoms with E-state index in [2.05, 4.69) is 10.3 Å². The highest BCUT2D eigenvalue weighted by molar-refractivity contribution is 5.97. The van der Waals surface area contributed by atoms with Crippen molar-refractivity contribution in [2.75, 3.05) is 7.11 Å². The molecule has 0 spiro atoms. The predicted octanol–water partition coefficient (Wildman–Crippen LogP) is 1.62. The Bertz CT molecular complexity index is 669. The van der Waals surface area contributed by atoms with E-state index in [1.54, 1.807) is 18.7 Å². The maximum absolute atomic E-state index is 12.3. The zero-order valence-electron chi connectivity index (χ0n) is 12.2. The first-order valence-electron chi connectivity index (χ1n) is 6.60. The van der Waals surface area contributed by atoms with E-state index in [0.29, 0.717) is 6.54 Å². The highest BCUT2D eigenvalue weighted by Crippen LogP contribution is 2.23. The molecular weight excluding hydrogens is 288 g/mol. The van der Waals surface area contributed by atoms with Gasteiger partial charge in [-0.15, -0.1) is 0 Å². The second kappa shape index (κ2) is 6.70. The number of imidazole rings is 1. The number of nitro groups is 1. The monoisotopic (exact) mass is 304 g/mol. The average molecular weight is 304 g/mol. The van der Waals surface area contributed by atoms with Gasteiger partial charge in [-0.3, -0.25) is 14.9 Å². The van der Waals surface area contributed by atoms with Gasteiger partial charge in [0.05, 0.1) is 23.9 Å². The van der Waals surface area contributed by atoms with Gasteiger partial charge in [0.1, 0.15) is 5.75 Å². The molecule has 0 aliphatic carbocycles. The summed E-state index contributed by atoms with van der Waals surface area (Å²) < 4.78 is 6.92.